The molecule has 1 heterocycles. The number of hydrogen-bond donors (Lipinski definition) is 1. The lowest BCUT2D eigenvalue weighted by molar-refractivity contribution is 0.0951. The highest BCUT2D eigenvalue weighted by molar-refractivity contribution is 7.08. The molecule has 0 saturated carbocycles. The van der Waals surface area contributed by atoms with Crippen LogP contribution in [-0.2, 0) is 6.54 Å². The van der Waals surface area contributed by atoms with E-state index in [9.17, 15) is 4.79 Å². The molecule has 82 valence electrons. The molecular weight excluding hydrogens is 218 g/mol. The van der Waals surface area contributed by atoms with Crippen molar-refractivity contribution in [2.24, 2.45) is 0 Å². The van der Waals surface area contributed by atoms with E-state index in [1.165, 1.54) is 16.9 Å². The fourth-order valence-electron chi connectivity index (χ4n) is 1.38. The van der Waals surface area contributed by atoms with E-state index in [2.05, 4.69) is 5.32 Å². The maximum atomic E-state index is 11.6. The van der Waals surface area contributed by atoms with Crippen LogP contribution in [0.2, 0.25) is 0 Å². The summed E-state index contributed by atoms with van der Waals surface area (Å²) in [5, 5.41) is 6.64. The molecule has 0 saturated heterocycles. The molecule has 0 bridgehead atoms. The fraction of sp³-hybridized carbons (Fsp3) is 0.154. The number of rotatable bonds is 3. The Kier molecular flexibility index (Phi) is 3.37. The van der Waals surface area contributed by atoms with Crippen LogP contribution in [0.1, 0.15) is 21.5 Å². The standard InChI is InChI=1S/C13H13NOS/c1-10-2-4-11(5-3-10)8-14-13(15)12-6-7-16-9-12/h2-7,9H,8H2,1H3,(H,14,15). The zero-order chi connectivity index (χ0) is 11.4. The van der Waals surface area contributed by atoms with E-state index in [1.54, 1.807) is 0 Å². The number of carbonyl (C=O) groups excluding carboxylic acids is 1. The summed E-state index contributed by atoms with van der Waals surface area (Å²) >= 11 is 1.53. The van der Waals surface area contributed by atoms with Gasteiger partial charge < -0.3 is 5.32 Å². The lowest BCUT2D eigenvalue weighted by Gasteiger charge is -2.04. The Morgan fingerprint density at radius 2 is 2.00 bits per heavy atom. The van der Waals surface area contributed by atoms with E-state index < -0.39 is 0 Å². The first-order valence-corrected chi connectivity index (χ1v) is 6.06. The van der Waals surface area contributed by atoms with Crippen LogP contribution < -0.4 is 5.32 Å². The first-order valence-electron chi connectivity index (χ1n) is 5.11. The summed E-state index contributed by atoms with van der Waals surface area (Å²) in [7, 11) is 0. The Labute approximate surface area is 98.9 Å². The summed E-state index contributed by atoms with van der Waals surface area (Å²) in [6, 6.07) is 9.99. The van der Waals surface area contributed by atoms with Gasteiger partial charge in [-0.15, -0.1) is 0 Å². The average Bonchev–Trinajstić information content (AvgIpc) is 2.81. The van der Waals surface area contributed by atoms with Crippen LogP contribution in [0, 0.1) is 6.92 Å². The second-order valence-electron chi connectivity index (χ2n) is 3.68. The number of hydrogen-bond acceptors (Lipinski definition) is 2. The van der Waals surface area contributed by atoms with Crippen molar-refractivity contribution in [1.82, 2.24) is 5.32 Å². The molecular formula is C13H13NOS. The highest BCUT2D eigenvalue weighted by Crippen LogP contribution is 2.07. The van der Waals surface area contributed by atoms with E-state index in [-0.39, 0.29) is 5.91 Å². The summed E-state index contributed by atoms with van der Waals surface area (Å²) in [6.07, 6.45) is 0. The normalized spacial score (nSPS) is 10.1. The molecule has 0 fully saturated rings. The molecule has 1 amide bonds. The predicted molar refractivity (Wildman–Crippen MR) is 66.7 cm³/mol. The van der Waals surface area contributed by atoms with Gasteiger partial charge in [0.1, 0.15) is 0 Å². The zero-order valence-corrected chi connectivity index (χ0v) is 9.88. The summed E-state index contributed by atoms with van der Waals surface area (Å²) in [5.74, 6) is -0.0122. The average molecular weight is 231 g/mol. The molecule has 0 atom stereocenters. The third-order valence-electron chi connectivity index (χ3n) is 2.36. The van der Waals surface area contributed by atoms with Crippen LogP contribution in [-0.4, -0.2) is 5.91 Å². The summed E-state index contributed by atoms with van der Waals surface area (Å²) in [6.45, 7) is 2.63. The molecule has 1 aromatic heterocycles. The number of nitrogens with one attached hydrogen (secondary N) is 1. The highest BCUT2D eigenvalue weighted by atomic mass is 32.1. The minimum Gasteiger partial charge on any atom is -0.348 e. The van der Waals surface area contributed by atoms with E-state index >= 15 is 0 Å². The Hall–Kier alpha value is -1.61. The number of benzene rings is 1. The molecule has 0 aliphatic heterocycles. The van der Waals surface area contributed by atoms with Gasteiger partial charge >= 0.3 is 0 Å². The van der Waals surface area contributed by atoms with Gasteiger partial charge in [0, 0.05) is 17.5 Å². The van der Waals surface area contributed by atoms with Crippen LogP contribution >= 0.6 is 11.3 Å². The molecule has 3 heteroatoms. The summed E-state index contributed by atoms with van der Waals surface area (Å²) < 4.78 is 0. The Balaban J connectivity index is 1.93. The second-order valence-corrected chi connectivity index (χ2v) is 4.46. The van der Waals surface area contributed by atoms with Gasteiger partial charge in [0.05, 0.1) is 0 Å². The Morgan fingerprint density at radius 1 is 1.25 bits per heavy atom. The van der Waals surface area contributed by atoms with Gasteiger partial charge in [0.25, 0.3) is 5.91 Å². The lowest BCUT2D eigenvalue weighted by atomic mass is 10.1. The van der Waals surface area contributed by atoms with Crippen molar-refractivity contribution < 1.29 is 4.79 Å². The first kappa shape index (κ1) is 10.9. The minimum atomic E-state index is -0.0122. The molecule has 2 aromatic rings. The fourth-order valence-corrected chi connectivity index (χ4v) is 2.02. The van der Waals surface area contributed by atoms with Gasteiger partial charge in [-0.25, -0.2) is 0 Å². The zero-order valence-electron chi connectivity index (χ0n) is 9.07. The smallest absolute Gasteiger partial charge is 0.252 e. The molecule has 0 aliphatic rings. The van der Waals surface area contributed by atoms with E-state index in [0.717, 1.165) is 11.1 Å². The van der Waals surface area contributed by atoms with Crippen molar-refractivity contribution in [3.05, 3.63) is 57.8 Å². The number of aryl methyl sites for hydroxylation is 1. The van der Waals surface area contributed by atoms with Gasteiger partial charge in [-0.1, -0.05) is 29.8 Å². The predicted octanol–water partition coefficient (Wildman–Crippen LogP) is 2.99. The van der Waals surface area contributed by atoms with Gasteiger partial charge in [-0.3, -0.25) is 4.79 Å². The van der Waals surface area contributed by atoms with Crippen molar-refractivity contribution in [2.75, 3.05) is 0 Å². The van der Waals surface area contributed by atoms with Crippen molar-refractivity contribution in [1.29, 1.82) is 0 Å². The SMILES string of the molecule is Cc1ccc(CNC(=O)c2ccsc2)cc1. The van der Waals surface area contributed by atoms with Crippen LogP contribution in [0.5, 0.6) is 0 Å². The van der Waals surface area contributed by atoms with Gasteiger partial charge in [-0.05, 0) is 23.9 Å². The van der Waals surface area contributed by atoms with Crippen LogP contribution in [0.4, 0.5) is 0 Å². The Morgan fingerprint density at radius 3 is 2.62 bits per heavy atom. The second kappa shape index (κ2) is 4.94. The molecule has 1 N–H and O–H groups in total. The molecule has 0 radical (unpaired) electrons. The third-order valence-corrected chi connectivity index (χ3v) is 3.04. The number of thiophene rings is 1. The Bertz CT molecular complexity index is 459. The molecule has 1 aromatic carbocycles. The highest BCUT2D eigenvalue weighted by Gasteiger charge is 2.04. The van der Waals surface area contributed by atoms with Crippen LogP contribution in [0.15, 0.2) is 41.1 Å². The number of carbonyl (C=O) groups is 1. The first-order chi connectivity index (χ1) is 7.75. The summed E-state index contributed by atoms with van der Waals surface area (Å²) in [5.41, 5.74) is 3.08. The molecule has 0 aliphatic carbocycles. The van der Waals surface area contributed by atoms with Crippen molar-refractivity contribution >= 4 is 17.2 Å². The largest absolute Gasteiger partial charge is 0.348 e. The maximum absolute atomic E-state index is 11.6. The number of amides is 1. The van der Waals surface area contributed by atoms with Gasteiger partial charge in [0.2, 0.25) is 0 Å². The van der Waals surface area contributed by atoms with Crippen LogP contribution in [0.25, 0.3) is 0 Å². The monoisotopic (exact) mass is 231 g/mol. The lowest BCUT2D eigenvalue weighted by Crippen LogP contribution is -2.22. The maximum Gasteiger partial charge on any atom is 0.252 e. The van der Waals surface area contributed by atoms with E-state index in [0.29, 0.717) is 6.54 Å². The molecule has 0 unspecified atom stereocenters. The minimum absolute atomic E-state index is 0.0122. The quantitative estimate of drug-likeness (QED) is 0.864. The molecule has 2 nitrogen and oxygen atoms in total. The van der Waals surface area contributed by atoms with Gasteiger partial charge in [-0.2, -0.15) is 11.3 Å². The van der Waals surface area contributed by atoms with E-state index in [1.807, 2.05) is 48.0 Å². The molecule has 0 spiro atoms. The van der Waals surface area contributed by atoms with Crippen molar-refractivity contribution in [3.63, 3.8) is 0 Å². The molecule has 2 rings (SSSR count). The topological polar surface area (TPSA) is 29.1 Å². The van der Waals surface area contributed by atoms with Gasteiger partial charge in [0.15, 0.2) is 0 Å². The third kappa shape index (κ3) is 2.70. The van der Waals surface area contributed by atoms with Crippen molar-refractivity contribution in [3.8, 4) is 0 Å². The molecule has 16 heavy (non-hydrogen) atoms. The van der Waals surface area contributed by atoms with E-state index in [4.69, 9.17) is 0 Å². The van der Waals surface area contributed by atoms with Crippen molar-refractivity contribution in [2.45, 2.75) is 13.5 Å². The van der Waals surface area contributed by atoms with Crippen LogP contribution in [0.3, 0.4) is 0 Å². The summed E-state index contributed by atoms with van der Waals surface area (Å²) in [4.78, 5) is 11.6.